The van der Waals surface area contributed by atoms with E-state index in [-0.39, 0.29) is 6.04 Å². The van der Waals surface area contributed by atoms with Gasteiger partial charge in [-0.2, -0.15) is 0 Å². The molecule has 0 bridgehead atoms. The lowest BCUT2D eigenvalue weighted by molar-refractivity contribution is 0.658. The predicted molar refractivity (Wildman–Crippen MR) is 62.5 cm³/mol. The van der Waals surface area contributed by atoms with Crippen molar-refractivity contribution in [1.82, 2.24) is 0 Å². The number of rotatable bonds is 4. The Morgan fingerprint density at radius 1 is 1.57 bits per heavy atom. The highest BCUT2D eigenvalue weighted by atomic mass is 35.5. The molecule has 1 atom stereocenters. The molecule has 2 heteroatoms. The molecule has 0 aliphatic carbocycles. The fourth-order valence-electron chi connectivity index (χ4n) is 1.56. The molecule has 0 fully saturated rings. The summed E-state index contributed by atoms with van der Waals surface area (Å²) in [5, 5.41) is 0.765. The van der Waals surface area contributed by atoms with Crippen molar-refractivity contribution in [2.45, 2.75) is 25.8 Å². The zero-order chi connectivity index (χ0) is 10.6. The van der Waals surface area contributed by atoms with Crippen molar-refractivity contribution in [3.05, 3.63) is 47.0 Å². The highest BCUT2D eigenvalue weighted by Crippen LogP contribution is 2.27. The third kappa shape index (κ3) is 2.60. The topological polar surface area (TPSA) is 26.0 Å². The van der Waals surface area contributed by atoms with E-state index in [2.05, 4.69) is 6.58 Å². The minimum atomic E-state index is 0.0155. The third-order valence-corrected chi connectivity index (χ3v) is 2.65. The van der Waals surface area contributed by atoms with Crippen molar-refractivity contribution in [2.24, 2.45) is 5.73 Å². The average Bonchev–Trinajstić information content (AvgIpc) is 2.14. The van der Waals surface area contributed by atoms with Crippen LogP contribution in [-0.4, -0.2) is 0 Å². The zero-order valence-corrected chi connectivity index (χ0v) is 9.22. The second-order valence-corrected chi connectivity index (χ2v) is 3.85. The first-order chi connectivity index (χ1) is 6.66. The van der Waals surface area contributed by atoms with Gasteiger partial charge >= 0.3 is 0 Å². The van der Waals surface area contributed by atoms with Crippen molar-refractivity contribution < 1.29 is 0 Å². The largest absolute Gasteiger partial charge is 0.324 e. The SMILES string of the molecule is C=CCC[C@@H](N)c1c(C)cccc1Cl. The van der Waals surface area contributed by atoms with E-state index in [1.165, 1.54) is 0 Å². The van der Waals surface area contributed by atoms with Gasteiger partial charge in [0.05, 0.1) is 0 Å². The molecule has 0 aromatic heterocycles. The fraction of sp³-hybridized carbons (Fsp3) is 0.333. The van der Waals surface area contributed by atoms with E-state index in [0.717, 1.165) is 29.0 Å². The van der Waals surface area contributed by atoms with Crippen LogP contribution in [0, 0.1) is 6.92 Å². The summed E-state index contributed by atoms with van der Waals surface area (Å²) in [5.74, 6) is 0. The van der Waals surface area contributed by atoms with Crippen LogP contribution >= 0.6 is 11.6 Å². The first kappa shape index (κ1) is 11.3. The molecule has 2 N–H and O–H groups in total. The lowest BCUT2D eigenvalue weighted by Gasteiger charge is -2.15. The van der Waals surface area contributed by atoms with Gasteiger partial charge < -0.3 is 5.73 Å². The summed E-state index contributed by atoms with van der Waals surface area (Å²) in [6.07, 6.45) is 3.70. The minimum absolute atomic E-state index is 0.0155. The lowest BCUT2D eigenvalue weighted by atomic mass is 9.98. The molecular weight excluding hydrogens is 194 g/mol. The Bertz CT molecular complexity index is 300. The lowest BCUT2D eigenvalue weighted by Crippen LogP contribution is -2.11. The molecule has 1 aromatic rings. The summed E-state index contributed by atoms with van der Waals surface area (Å²) >= 11 is 6.10. The van der Waals surface area contributed by atoms with E-state index in [1.807, 2.05) is 31.2 Å². The standard InChI is InChI=1S/C12H16ClN/c1-3-4-8-11(14)12-9(2)6-5-7-10(12)13/h3,5-7,11H,1,4,8,14H2,2H3/t11-/m1/s1. The second-order valence-electron chi connectivity index (χ2n) is 3.44. The molecule has 1 aromatic carbocycles. The first-order valence-electron chi connectivity index (χ1n) is 4.78. The molecule has 0 saturated carbocycles. The number of benzene rings is 1. The van der Waals surface area contributed by atoms with Crippen LogP contribution in [0.25, 0.3) is 0 Å². The number of aryl methyl sites for hydroxylation is 1. The molecule has 1 nitrogen and oxygen atoms in total. The highest BCUT2D eigenvalue weighted by molar-refractivity contribution is 6.31. The van der Waals surface area contributed by atoms with Gasteiger partial charge in [0.2, 0.25) is 0 Å². The Balaban J connectivity index is 2.87. The minimum Gasteiger partial charge on any atom is -0.324 e. The fourth-order valence-corrected chi connectivity index (χ4v) is 1.92. The molecule has 0 aliphatic rings. The van der Waals surface area contributed by atoms with Crippen LogP contribution in [0.2, 0.25) is 5.02 Å². The zero-order valence-electron chi connectivity index (χ0n) is 8.46. The Morgan fingerprint density at radius 3 is 2.86 bits per heavy atom. The van der Waals surface area contributed by atoms with Crippen LogP contribution in [0.3, 0.4) is 0 Å². The number of nitrogens with two attached hydrogens (primary N) is 1. The molecule has 0 spiro atoms. The van der Waals surface area contributed by atoms with E-state index < -0.39 is 0 Å². The maximum Gasteiger partial charge on any atom is 0.0456 e. The van der Waals surface area contributed by atoms with E-state index in [1.54, 1.807) is 0 Å². The number of hydrogen-bond acceptors (Lipinski definition) is 1. The average molecular weight is 210 g/mol. The van der Waals surface area contributed by atoms with Gasteiger partial charge in [0.25, 0.3) is 0 Å². The smallest absolute Gasteiger partial charge is 0.0456 e. The molecule has 0 aliphatic heterocycles. The van der Waals surface area contributed by atoms with Crippen LogP contribution in [0.15, 0.2) is 30.9 Å². The predicted octanol–water partition coefficient (Wildman–Crippen LogP) is 3.61. The Morgan fingerprint density at radius 2 is 2.29 bits per heavy atom. The van der Waals surface area contributed by atoms with Gasteiger partial charge in [0, 0.05) is 11.1 Å². The third-order valence-electron chi connectivity index (χ3n) is 2.32. The van der Waals surface area contributed by atoms with Crippen LogP contribution in [-0.2, 0) is 0 Å². The summed E-state index contributed by atoms with van der Waals surface area (Å²) in [6, 6.07) is 5.88. The van der Waals surface area contributed by atoms with E-state index >= 15 is 0 Å². The first-order valence-corrected chi connectivity index (χ1v) is 5.16. The maximum absolute atomic E-state index is 6.10. The molecular formula is C12H16ClN. The van der Waals surface area contributed by atoms with Crippen molar-refractivity contribution in [1.29, 1.82) is 0 Å². The Kier molecular flexibility index (Phi) is 4.18. The van der Waals surface area contributed by atoms with Gasteiger partial charge in [-0.1, -0.05) is 29.8 Å². The Labute approximate surface area is 90.6 Å². The van der Waals surface area contributed by atoms with Gasteiger partial charge in [0.15, 0.2) is 0 Å². The van der Waals surface area contributed by atoms with E-state index in [4.69, 9.17) is 17.3 Å². The summed E-state index contributed by atoms with van der Waals surface area (Å²) in [7, 11) is 0. The van der Waals surface area contributed by atoms with Crippen LogP contribution in [0.4, 0.5) is 0 Å². The van der Waals surface area contributed by atoms with Crippen molar-refractivity contribution in [3.8, 4) is 0 Å². The number of allylic oxidation sites excluding steroid dienone is 1. The normalized spacial score (nSPS) is 12.5. The molecule has 0 amide bonds. The summed E-state index contributed by atoms with van der Waals surface area (Å²) in [6.45, 7) is 5.72. The summed E-state index contributed by atoms with van der Waals surface area (Å²) in [5.41, 5.74) is 8.28. The molecule has 0 radical (unpaired) electrons. The van der Waals surface area contributed by atoms with Gasteiger partial charge in [-0.25, -0.2) is 0 Å². The Hall–Kier alpha value is -0.790. The molecule has 1 rings (SSSR count). The monoisotopic (exact) mass is 209 g/mol. The van der Waals surface area contributed by atoms with Gasteiger partial charge in [-0.05, 0) is 37.0 Å². The summed E-state index contributed by atoms with van der Waals surface area (Å²) in [4.78, 5) is 0. The van der Waals surface area contributed by atoms with Gasteiger partial charge in [-0.3, -0.25) is 0 Å². The second kappa shape index (κ2) is 5.18. The maximum atomic E-state index is 6.10. The number of halogens is 1. The van der Waals surface area contributed by atoms with Crippen molar-refractivity contribution in [2.75, 3.05) is 0 Å². The number of hydrogen-bond donors (Lipinski definition) is 1. The van der Waals surface area contributed by atoms with Crippen LogP contribution in [0.5, 0.6) is 0 Å². The highest BCUT2D eigenvalue weighted by Gasteiger charge is 2.11. The van der Waals surface area contributed by atoms with E-state index in [9.17, 15) is 0 Å². The summed E-state index contributed by atoms with van der Waals surface area (Å²) < 4.78 is 0. The molecule has 0 unspecified atom stereocenters. The molecule has 14 heavy (non-hydrogen) atoms. The van der Waals surface area contributed by atoms with Crippen LogP contribution in [0.1, 0.15) is 30.0 Å². The quantitative estimate of drug-likeness (QED) is 0.754. The van der Waals surface area contributed by atoms with Crippen molar-refractivity contribution >= 4 is 11.6 Å². The van der Waals surface area contributed by atoms with Gasteiger partial charge in [0.1, 0.15) is 0 Å². The van der Waals surface area contributed by atoms with E-state index in [0.29, 0.717) is 0 Å². The van der Waals surface area contributed by atoms with Crippen molar-refractivity contribution in [3.63, 3.8) is 0 Å². The molecule has 0 saturated heterocycles. The molecule has 76 valence electrons. The molecule has 0 heterocycles. The van der Waals surface area contributed by atoms with Crippen LogP contribution < -0.4 is 5.73 Å². The van der Waals surface area contributed by atoms with Gasteiger partial charge in [-0.15, -0.1) is 6.58 Å².